The average Bonchev–Trinajstić information content (AvgIpc) is 2.91. The lowest BCUT2D eigenvalue weighted by atomic mass is 10.2. The van der Waals surface area contributed by atoms with E-state index in [2.05, 4.69) is 11.9 Å². The van der Waals surface area contributed by atoms with E-state index in [0.29, 0.717) is 6.61 Å². The van der Waals surface area contributed by atoms with Gasteiger partial charge in [0.15, 0.2) is 0 Å². The fourth-order valence-corrected chi connectivity index (χ4v) is 1.60. The molecule has 0 atom stereocenters. The Bertz CT molecular complexity index is 465. The standard InChI is InChI=1S/C15H17NO2.ClH/c1-2-9-17-14-7-5-13(6-8-14)11-16-12-15-4-3-10-18-15;/h2-8,10,16H,1,9,11-12H2;1H. The van der Waals surface area contributed by atoms with E-state index >= 15 is 0 Å². The number of benzene rings is 1. The Morgan fingerprint density at radius 1 is 1.16 bits per heavy atom. The Balaban J connectivity index is 0.00000180. The maximum absolute atomic E-state index is 5.42. The van der Waals surface area contributed by atoms with E-state index in [9.17, 15) is 0 Å². The molecule has 0 saturated carbocycles. The third kappa shape index (κ3) is 5.20. The van der Waals surface area contributed by atoms with Gasteiger partial charge in [-0.2, -0.15) is 0 Å². The van der Waals surface area contributed by atoms with Gasteiger partial charge in [0.2, 0.25) is 0 Å². The van der Waals surface area contributed by atoms with E-state index in [1.165, 1.54) is 5.56 Å². The Hall–Kier alpha value is -1.71. The molecule has 0 aliphatic carbocycles. The fraction of sp³-hybridized carbons (Fsp3) is 0.200. The van der Waals surface area contributed by atoms with Crippen LogP contribution in [-0.2, 0) is 13.1 Å². The van der Waals surface area contributed by atoms with E-state index in [4.69, 9.17) is 9.15 Å². The summed E-state index contributed by atoms with van der Waals surface area (Å²) < 4.78 is 10.7. The zero-order valence-corrected chi connectivity index (χ0v) is 11.5. The van der Waals surface area contributed by atoms with Crippen LogP contribution in [0.5, 0.6) is 5.75 Å². The molecule has 102 valence electrons. The van der Waals surface area contributed by atoms with Crippen LogP contribution in [0.3, 0.4) is 0 Å². The molecular weight excluding hydrogens is 262 g/mol. The number of rotatable bonds is 7. The second-order valence-electron chi connectivity index (χ2n) is 3.93. The Morgan fingerprint density at radius 3 is 2.58 bits per heavy atom. The van der Waals surface area contributed by atoms with E-state index in [-0.39, 0.29) is 12.4 Å². The molecule has 1 aromatic heterocycles. The maximum atomic E-state index is 5.42. The molecule has 0 saturated heterocycles. The molecule has 1 heterocycles. The number of hydrogen-bond donors (Lipinski definition) is 1. The van der Waals surface area contributed by atoms with Crippen molar-refractivity contribution in [3.05, 3.63) is 66.6 Å². The zero-order chi connectivity index (χ0) is 12.6. The first kappa shape index (κ1) is 15.3. The van der Waals surface area contributed by atoms with Crippen molar-refractivity contribution in [3.8, 4) is 5.75 Å². The number of hydrogen-bond acceptors (Lipinski definition) is 3. The van der Waals surface area contributed by atoms with Gasteiger partial charge in [0.25, 0.3) is 0 Å². The second kappa shape index (κ2) is 8.40. The summed E-state index contributed by atoms with van der Waals surface area (Å²) in [7, 11) is 0. The molecule has 1 N–H and O–H groups in total. The third-order valence-corrected chi connectivity index (χ3v) is 2.50. The number of nitrogens with one attached hydrogen (secondary N) is 1. The zero-order valence-electron chi connectivity index (χ0n) is 10.7. The molecule has 2 aromatic rings. The first-order valence-corrected chi connectivity index (χ1v) is 5.94. The van der Waals surface area contributed by atoms with Crippen LogP contribution >= 0.6 is 12.4 Å². The van der Waals surface area contributed by atoms with Crippen LogP contribution in [0.2, 0.25) is 0 Å². The Kier molecular flexibility index (Phi) is 6.79. The van der Waals surface area contributed by atoms with Crippen molar-refractivity contribution in [1.82, 2.24) is 5.32 Å². The summed E-state index contributed by atoms with van der Waals surface area (Å²) in [6.45, 7) is 5.70. The van der Waals surface area contributed by atoms with Gasteiger partial charge < -0.3 is 14.5 Å². The quantitative estimate of drug-likeness (QED) is 0.787. The summed E-state index contributed by atoms with van der Waals surface area (Å²) in [6.07, 6.45) is 3.42. The van der Waals surface area contributed by atoms with Crippen LogP contribution in [0.25, 0.3) is 0 Å². The van der Waals surface area contributed by atoms with Crippen LogP contribution in [0, 0.1) is 0 Å². The number of halogens is 1. The first-order valence-electron chi connectivity index (χ1n) is 5.94. The molecule has 0 bridgehead atoms. The molecule has 0 spiro atoms. The minimum Gasteiger partial charge on any atom is -0.490 e. The van der Waals surface area contributed by atoms with Gasteiger partial charge in [0, 0.05) is 6.54 Å². The predicted molar refractivity (Wildman–Crippen MR) is 78.6 cm³/mol. The molecule has 3 nitrogen and oxygen atoms in total. The summed E-state index contributed by atoms with van der Waals surface area (Å²) in [4.78, 5) is 0. The molecule has 0 unspecified atom stereocenters. The molecule has 0 amide bonds. The average molecular weight is 280 g/mol. The highest BCUT2D eigenvalue weighted by molar-refractivity contribution is 5.85. The molecule has 19 heavy (non-hydrogen) atoms. The summed E-state index contributed by atoms with van der Waals surface area (Å²) in [5.74, 6) is 1.81. The van der Waals surface area contributed by atoms with E-state index in [1.807, 2.05) is 36.4 Å². The predicted octanol–water partition coefficient (Wildman–Crippen LogP) is 3.56. The lowest BCUT2D eigenvalue weighted by molar-refractivity contribution is 0.363. The van der Waals surface area contributed by atoms with Crippen molar-refractivity contribution in [2.45, 2.75) is 13.1 Å². The van der Waals surface area contributed by atoms with Crippen molar-refractivity contribution < 1.29 is 9.15 Å². The van der Waals surface area contributed by atoms with Crippen molar-refractivity contribution in [1.29, 1.82) is 0 Å². The minimum atomic E-state index is 0. The van der Waals surface area contributed by atoms with Crippen LogP contribution in [0.4, 0.5) is 0 Å². The SMILES string of the molecule is C=CCOc1ccc(CNCc2ccco2)cc1.Cl. The van der Waals surface area contributed by atoms with Gasteiger partial charge in [0.05, 0.1) is 12.8 Å². The van der Waals surface area contributed by atoms with Gasteiger partial charge in [-0.25, -0.2) is 0 Å². The van der Waals surface area contributed by atoms with Crippen LogP contribution in [-0.4, -0.2) is 6.61 Å². The number of furan rings is 1. The fourth-order valence-electron chi connectivity index (χ4n) is 1.60. The molecule has 0 radical (unpaired) electrons. The molecule has 0 aliphatic rings. The van der Waals surface area contributed by atoms with E-state index in [1.54, 1.807) is 12.3 Å². The van der Waals surface area contributed by atoms with E-state index < -0.39 is 0 Å². The highest BCUT2D eigenvalue weighted by Crippen LogP contribution is 2.12. The van der Waals surface area contributed by atoms with Crippen molar-refractivity contribution in [3.63, 3.8) is 0 Å². The van der Waals surface area contributed by atoms with Crippen LogP contribution < -0.4 is 10.1 Å². The number of ether oxygens (including phenoxy) is 1. The molecular formula is C15H18ClNO2. The molecule has 1 aromatic carbocycles. The van der Waals surface area contributed by atoms with Crippen LogP contribution in [0.15, 0.2) is 59.7 Å². The van der Waals surface area contributed by atoms with E-state index in [0.717, 1.165) is 24.6 Å². The lowest BCUT2D eigenvalue weighted by Gasteiger charge is -2.06. The molecule has 2 rings (SSSR count). The van der Waals surface area contributed by atoms with Crippen molar-refractivity contribution >= 4 is 12.4 Å². The summed E-state index contributed by atoms with van der Waals surface area (Å²) >= 11 is 0. The highest BCUT2D eigenvalue weighted by atomic mass is 35.5. The van der Waals surface area contributed by atoms with Crippen molar-refractivity contribution in [2.24, 2.45) is 0 Å². The van der Waals surface area contributed by atoms with Gasteiger partial charge in [-0.05, 0) is 29.8 Å². The van der Waals surface area contributed by atoms with Crippen molar-refractivity contribution in [2.75, 3.05) is 6.61 Å². The van der Waals surface area contributed by atoms with Gasteiger partial charge in [-0.3, -0.25) is 0 Å². The lowest BCUT2D eigenvalue weighted by Crippen LogP contribution is -2.11. The smallest absolute Gasteiger partial charge is 0.119 e. The summed E-state index contributed by atoms with van der Waals surface area (Å²) in [6, 6.07) is 11.9. The van der Waals surface area contributed by atoms with Crippen LogP contribution in [0.1, 0.15) is 11.3 Å². The molecule has 0 fully saturated rings. The van der Waals surface area contributed by atoms with Gasteiger partial charge in [0.1, 0.15) is 18.1 Å². The summed E-state index contributed by atoms with van der Waals surface area (Å²) in [5.41, 5.74) is 1.22. The highest BCUT2D eigenvalue weighted by Gasteiger charge is 1.97. The monoisotopic (exact) mass is 279 g/mol. The largest absolute Gasteiger partial charge is 0.490 e. The van der Waals surface area contributed by atoms with Gasteiger partial charge in [-0.1, -0.05) is 24.8 Å². The normalized spacial score (nSPS) is 9.68. The Morgan fingerprint density at radius 2 is 1.95 bits per heavy atom. The van der Waals surface area contributed by atoms with Gasteiger partial charge >= 0.3 is 0 Å². The minimum absolute atomic E-state index is 0. The summed E-state index contributed by atoms with van der Waals surface area (Å²) in [5, 5.41) is 3.32. The third-order valence-electron chi connectivity index (χ3n) is 2.50. The molecule has 0 aliphatic heterocycles. The topological polar surface area (TPSA) is 34.4 Å². The first-order chi connectivity index (χ1) is 8.88. The molecule has 4 heteroatoms. The van der Waals surface area contributed by atoms with Gasteiger partial charge in [-0.15, -0.1) is 12.4 Å². The Labute approximate surface area is 119 Å². The second-order valence-corrected chi connectivity index (χ2v) is 3.93. The maximum Gasteiger partial charge on any atom is 0.119 e.